The third-order valence-corrected chi connectivity index (χ3v) is 3.65. The predicted octanol–water partition coefficient (Wildman–Crippen LogP) is 3.20. The highest BCUT2D eigenvalue weighted by Crippen LogP contribution is 2.58. The largest absolute Gasteiger partial charge is 0.298 e. The first-order valence-corrected chi connectivity index (χ1v) is 5.31. The Kier molecular flexibility index (Phi) is 2.94. The number of allylic oxidation sites excluding steroid dienone is 2. The zero-order valence-electron chi connectivity index (χ0n) is 9.13. The minimum atomic E-state index is 0.408. The second kappa shape index (κ2) is 3.65. The summed E-state index contributed by atoms with van der Waals surface area (Å²) in [6.07, 6.45) is 5.54. The minimum absolute atomic E-state index is 0.408. The summed E-state index contributed by atoms with van der Waals surface area (Å²) in [4.78, 5) is 10.6. The Bertz CT molecular complexity index is 225. The molecule has 0 radical (unpaired) electrons. The molecule has 2 atom stereocenters. The lowest BCUT2D eigenvalue weighted by Gasteiger charge is -2.55. The van der Waals surface area contributed by atoms with Gasteiger partial charge in [0.1, 0.15) is 6.29 Å². The molecule has 0 saturated heterocycles. The van der Waals surface area contributed by atoms with Crippen LogP contribution in [-0.4, -0.2) is 6.29 Å². The maximum atomic E-state index is 10.6. The molecular formula is C12H20O. The molecule has 0 spiro atoms. The van der Waals surface area contributed by atoms with Crippen LogP contribution < -0.4 is 0 Å². The minimum Gasteiger partial charge on any atom is -0.298 e. The summed E-state index contributed by atoms with van der Waals surface area (Å²) in [5, 5.41) is 0. The Morgan fingerprint density at radius 1 is 1.46 bits per heavy atom. The van der Waals surface area contributed by atoms with Crippen LogP contribution in [0.1, 0.15) is 40.5 Å². The number of carbonyl (C=O) groups excluding carboxylic acids is 1. The summed E-state index contributed by atoms with van der Waals surface area (Å²) >= 11 is 0. The second-order valence-electron chi connectivity index (χ2n) is 4.36. The third kappa shape index (κ3) is 1.45. The predicted molar refractivity (Wildman–Crippen MR) is 55.5 cm³/mol. The molecule has 0 amide bonds. The van der Waals surface area contributed by atoms with E-state index in [4.69, 9.17) is 0 Å². The Balaban J connectivity index is 0.000000396. The Morgan fingerprint density at radius 2 is 2.08 bits per heavy atom. The van der Waals surface area contributed by atoms with Crippen molar-refractivity contribution in [1.29, 1.82) is 0 Å². The molecule has 0 unspecified atom stereocenters. The van der Waals surface area contributed by atoms with Crippen molar-refractivity contribution in [3.63, 3.8) is 0 Å². The van der Waals surface area contributed by atoms with E-state index in [0.29, 0.717) is 11.3 Å². The lowest BCUT2D eigenvalue weighted by atomic mass is 9.49. The Hall–Kier alpha value is -0.590. The molecule has 0 aromatic carbocycles. The van der Waals surface area contributed by atoms with E-state index in [1.807, 2.05) is 13.8 Å². The average molecular weight is 180 g/mol. The second-order valence-corrected chi connectivity index (χ2v) is 4.36. The molecule has 1 heteroatoms. The first-order chi connectivity index (χ1) is 6.16. The molecule has 74 valence electrons. The maximum absolute atomic E-state index is 10.6. The van der Waals surface area contributed by atoms with E-state index in [0.717, 1.165) is 24.2 Å². The highest BCUT2D eigenvalue weighted by atomic mass is 16.1. The number of rotatable bonds is 1. The number of carbonyl (C=O) groups is 1. The fourth-order valence-electron chi connectivity index (χ4n) is 2.53. The molecule has 3 aliphatic carbocycles. The Labute approximate surface area is 81.2 Å². The van der Waals surface area contributed by atoms with Crippen LogP contribution >= 0.6 is 0 Å². The van der Waals surface area contributed by atoms with Crippen LogP contribution in [0.5, 0.6) is 0 Å². The molecule has 0 heterocycles. The van der Waals surface area contributed by atoms with E-state index < -0.39 is 0 Å². The molecule has 2 bridgehead atoms. The molecule has 1 saturated carbocycles. The van der Waals surface area contributed by atoms with Crippen LogP contribution in [-0.2, 0) is 4.79 Å². The van der Waals surface area contributed by atoms with Gasteiger partial charge in [0.2, 0.25) is 0 Å². The summed E-state index contributed by atoms with van der Waals surface area (Å²) in [5.41, 5.74) is 1.46. The van der Waals surface area contributed by atoms with E-state index in [1.165, 1.54) is 6.42 Å². The van der Waals surface area contributed by atoms with Gasteiger partial charge in [0.05, 0.1) is 0 Å². The molecule has 1 nitrogen and oxygen atoms in total. The van der Waals surface area contributed by atoms with Gasteiger partial charge in [0.25, 0.3) is 0 Å². The van der Waals surface area contributed by atoms with Gasteiger partial charge in [-0.25, -0.2) is 0 Å². The average Bonchev–Trinajstić information content (AvgIpc) is 2.20. The van der Waals surface area contributed by atoms with E-state index in [1.54, 1.807) is 0 Å². The smallest absolute Gasteiger partial charge is 0.146 e. The summed E-state index contributed by atoms with van der Waals surface area (Å²) in [7, 11) is 0. The van der Waals surface area contributed by atoms with E-state index >= 15 is 0 Å². The molecule has 0 N–H and O–H groups in total. The van der Waals surface area contributed by atoms with Crippen molar-refractivity contribution in [3.05, 3.63) is 11.6 Å². The zero-order chi connectivity index (χ0) is 10.1. The van der Waals surface area contributed by atoms with Crippen molar-refractivity contribution < 1.29 is 4.79 Å². The van der Waals surface area contributed by atoms with Gasteiger partial charge in [-0.05, 0) is 35.7 Å². The van der Waals surface area contributed by atoms with Gasteiger partial charge in [-0.1, -0.05) is 33.8 Å². The van der Waals surface area contributed by atoms with E-state index in [9.17, 15) is 4.79 Å². The molecule has 13 heavy (non-hydrogen) atoms. The van der Waals surface area contributed by atoms with Crippen molar-refractivity contribution in [2.75, 3.05) is 0 Å². The van der Waals surface area contributed by atoms with Gasteiger partial charge in [0, 0.05) is 0 Å². The first kappa shape index (κ1) is 10.5. The van der Waals surface area contributed by atoms with Gasteiger partial charge in [0.15, 0.2) is 0 Å². The molecule has 3 rings (SSSR count). The van der Waals surface area contributed by atoms with Crippen LogP contribution in [0.2, 0.25) is 0 Å². The number of fused-ring (bicyclic) bond motifs is 1. The number of aldehydes is 1. The SMILES string of the molecule is CC.CC1(C)[C@@H]2CC=C(C=O)[C@H]1C2. The molecule has 0 aromatic rings. The maximum Gasteiger partial charge on any atom is 0.146 e. The molecule has 0 aliphatic heterocycles. The van der Waals surface area contributed by atoms with E-state index in [-0.39, 0.29) is 0 Å². The van der Waals surface area contributed by atoms with Crippen LogP contribution in [0.15, 0.2) is 11.6 Å². The molecule has 0 aromatic heterocycles. The normalized spacial score (nSPS) is 33.4. The number of hydrogen-bond acceptors (Lipinski definition) is 1. The van der Waals surface area contributed by atoms with Crippen LogP contribution in [0.3, 0.4) is 0 Å². The standard InChI is InChI=1S/C10H14O.C2H6/c1-10(2)8-4-3-7(6-11)9(10)5-8;1-2/h3,6,8-9H,4-5H2,1-2H3;1-2H3/t8-,9-;/m1./s1. The molecule has 3 aliphatic rings. The summed E-state index contributed by atoms with van der Waals surface area (Å²) < 4.78 is 0. The molecule has 1 fully saturated rings. The van der Waals surface area contributed by atoms with Crippen molar-refractivity contribution >= 4 is 6.29 Å². The number of hydrogen-bond donors (Lipinski definition) is 0. The van der Waals surface area contributed by atoms with Gasteiger partial charge < -0.3 is 0 Å². The van der Waals surface area contributed by atoms with Crippen LogP contribution in [0.25, 0.3) is 0 Å². The lowest BCUT2D eigenvalue weighted by Crippen LogP contribution is -2.48. The lowest BCUT2D eigenvalue weighted by molar-refractivity contribution is -0.108. The third-order valence-electron chi connectivity index (χ3n) is 3.65. The topological polar surface area (TPSA) is 17.1 Å². The first-order valence-electron chi connectivity index (χ1n) is 5.31. The quantitative estimate of drug-likeness (QED) is 0.566. The summed E-state index contributed by atoms with van der Waals surface area (Å²) in [6.45, 7) is 8.56. The van der Waals surface area contributed by atoms with Gasteiger partial charge in [-0.2, -0.15) is 0 Å². The van der Waals surface area contributed by atoms with Crippen molar-refractivity contribution in [3.8, 4) is 0 Å². The zero-order valence-corrected chi connectivity index (χ0v) is 9.13. The van der Waals surface area contributed by atoms with Crippen molar-refractivity contribution in [2.24, 2.45) is 17.3 Å². The summed E-state index contributed by atoms with van der Waals surface area (Å²) in [5.74, 6) is 1.41. The Morgan fingerprint density at radius 3 is 2.38 bits per heavy atom. The summed E-state index contributed by atoms with van der Waals surface area (Å²) in [6, 6.07) is 0. The van der Waals surface area contributed by atoms with Crippen molar-refractivity contribution in [2.45, 2.75) is 40.5 Å². The van der Waals surface area contributed by atoms with Gasteiger partial charge in [-0.3, -0.25) is 4.79 Å². The van der Waals surface area contributed by atoms with Crippen LogP contribution in [0.4, 0.5) is 0 Å². The van der Waals surface area contributed by atoms with Gasteiger partial charge in [-0.15, -0.1) is 0 Å². The highest BCUT2D eigenvalue weighted by Gasteiger charge is 2.50. The van der Waals surface area contributed by atoms with Gasteiger partial charge >= 0.3 is 0 Å². The van der Waals surface area contributed by atoms with E-state index in [2.05, 4.69) is 19.9 Å². The van der Waals surface area contributed by atoms with Crippen LogP contribution in [0, 0.1) is 17.3 Å². The highest BCUT2D eigenvalue weighted by molar-refractivity contribution is 5.75. The molecular weight excluding hydrogens is 160 g/mol. The fourth-order valence-corrected chi connectivity index (χ4v) is 2.53. The van der Waals surface area contributed by atoms with Crippen molar-refractivity contribution in [1.82, 2.24) is 0 Å². The fraction of sp³-hybridized carbons (Fsp3) is 0.750. The monoisotopic (exact) mass is 180 g/mol.